The Labute approximate surface area is 85.0 Å². The molecule has 0 aromatic rings. The van der Waals surface area contributed by atoms with Crippen LogP contribution in [-0.2, 0) is 9.59 Å². The van der Waals surface area contributed by atoms with Crippen molar-refractivity contribution < 1.29 is 19.2 Å². The number of likely N-dealkylation sites (N-methyl/N-ethyl adjacent to an activating group) is 1. The molecule has 0 atom stereocenters. The second kappa shape index (κ2) is 4.40. The van der Waals surface area contributed by atoms with Crippen molar-refractivity contribution in [2.45, 2.75) is 0 Å². The van der Waals surface area contributed by atoms with Crippen molar-refractivity contribution in [1.29, 1.82) is 0 Å². The molecule has 15 heavy (non-hydrogen) atoms. The van der Waals surface area contributed by atoms with Crippen LogP contribution in [0, 0.1) is 0 Å². The van der Waals surface area contributed by atoms with Gasteiger partial charge in [-0.25, -0.2) is 9.59 Å². The van der Waals surface area contributed by atoms with E-state index in [1.807, 2.05) is 5.32 Å². The molecular formula is C7H10N4O4. The molecule has 2 heterocycles. The monoisotopic (exact) mass is 214 g/mol. The van der Waals surface area contributed by atoms with E-state index in [-0.39, 0.29) is 30.9 Å². The summed E-state index contributed by atoms with van der Waals surface area (Å²) in [6.07, 6.45) is 0. The molecule has 8 nitrogen and oxygen atoms in total. The quantitative estimate of drug-likeness (QED) is 0.405. The first-order valence-corrected chi connectivity index (χ1v) is 4.11. The van der Waals surface area contributed by atoms with Crippen LogP contribution in [0.25, 0.3) is 0 Å². The number of imide groups is 2. The predicted molar refractivity (Wildman–Crippen MR) is 47.7 cm³/mol. The predicted octanol–water partition coefficient (Wildman–Crippen LogP) is -2.01. The van der Waals surface area contributed by atoms with E-state index in [1.165, 1.54) is 4.90 Å². The molecule has 3 N–H and O–H groups in total. The molecule has 2 fully saturated rings. The van der Waals surface area contributed by atoms with Crippen LogP contribution in [0.5, 0.6) is 0 Å². The van der Waals surface area contributed by atoms with Gasteiger partial charge < -0.3 is 10.2 Å². The number of nitrogens with one attached hydrogen (secondary N) is 3. The smallest absolute Gasteiger partial charge is 0.324 e. The zero-order valence-electron chi connectivity index (χ0n) is 7.99. The molecule has 0 spiro atoms. The third-order valence-electron chi connectivity index (χ3n) is 1.64. The molecule has 0 aliphatic carbocycles. The van der Waals surface area contributed by atoms with Crippen LogP contribution in [-0.4, -0.2) is 48.9 Å². The van der Waals surface area contributed by atoms with Crippen LogP contribution >= 0.6 is 0 Å². The second-order valence-electron chi connectivity index (χ2n) is 2.94. The Morgan fingerprint density at radius 2 is 1.73 bits per heavy atom. The lowest BCUT2D eigenvalue weighted by atomic mass is 10.6. The molecule has 0 aromatic heterocycles. The van der Waals surface area contributed by atoms with Gasteiger partial charge in [0.25, 0.3) is 0 Å². The van der Waals surface area contributed by atoms with Gasteiger partial charge in [-0.15, -0.1) is 0 Å². The number of rotatable bonds is 0. The highest BCUT2D eigenvalue weighted by atomic mass is 16.2. The summed E-state index contributed by atoms with van der Waals surface area (Å²) in [7, 11) is 1.57. The van der Waals surface area contributed by atoms with E-state index in [0.29, 0.717) is 0 Å². The highest BCUT2D eigenvalue weighted by molar-refractivity contribution is 6.02. The van der Waals surface area contributed by atoms with Crippen molar-refractivity contribution in [3.8, 4) is 0 Å². The zero-order chi connectivity index (χ0) is 11.4. The first-order chi connectivity index (χ1) is 6.99. The minimum Gasteiger partial charge on any atom is -0.329 e. The third-order valence-corrected chi connectivity index (χ3v) is 1.64. The van der Waals surface area contributed by atoms with Gasteiger partial charge in [-0.2, -0.15) is 0 Å². The maximum Gasteiger partial charge on any atom is 0.324 e. The summed E-state index contributed by atoms with van der Waals surface area (Å²) in [6.45, 7) is 0.317. The van der Waals surface area contributed by atoms with Crippen molar-refractivity contribution >= 4 is 23.9 Å². The second-order valence-corrected chi connectivity index (χ2v) is 2.94. The van der Waals surface area contributed by atoms with Gasteiger partial charge in [0.05, 0.1) is 6.54 Å². The molecular weight excluding hydrogens is 204 g/mol. The van der Waals surface area contributed by atoms with E-state index in [1.54, 1.807) is 7.05 Å². The average molecular weight is 214 g/mol. The van der Waals surface area contributed by atoms with E-state index in [4.69, 9.17) is 0 Å². The largest absolute Gasteiger partial charge is 0.329 e. The molecule has 0 unspecified atom stereocenters. The molecule has 82 valence electrons. The number of hydrogen-bond acceptors (Lipinski definition) is 4. The average Bonchev–Trinajstić information content (AvgIpc) is 2.61. The van der Waals surface area contributed by atoms with Gasteiger partial charge in [0.2, 0.25) is 11.8 Å². The molecule has 2 aliphatic rings. The molecule has 2 rings (SSSR count). The van der Waals surface area contributed by atoms with E-state index < -0.39 is 6.03 Å². The van der Waals surface area contributed by atoms with Crippen molar-refractivity contribution in [1.82, 2.24) is 20.9 Å². The van der Waals surface area contributed by atoms with E-state index in [2.05, 4.69) is 10.6 Å². The molecule has 0 aromatic carbocycles. The molecule has 8 heteroatoms. The lowest BCUT2D eigenvalue weighted by Gasteiger charge is -1.99. The van der Waals surface area contributed by atoms with E-state index >= 15 is 0 Å². The summed E-state index contributed by atoms with van der Waals surface area (Å²) in [5, 5.41) is 6.41. The van der Waals surface area contributed by atoms with Crippen molar-refractivity contribution in [2.24, 2.45) is 0 Å². The summed E-state index contributed by atoms with van der Waals surface area (Å²) in [6, 6.07) is -0.708. The Bertz CT molecular complexity index is 313. The van der Waals surface area contributed by atoms with Gasteiger partial charge in [0.1, 0.15) is 6.54 Å². The number of urea groups is 2. The minimum atomic E-state index is -0.398. The fourth-order valence-electron chi connectivity index (χ4n) is 0.917. The summed E-state index contributed by atoms with van der Waals surface area (Å²) in [5.41, 5.74) is 0. The van der Waals surface area contributed by atoms with Crippen LogP contribution in [0.15, 0.2) is 0 Å². The highest BCUT2D eigenvalue weighted by Gasteiger charge is 2.21. The van der Waals surface area contributed by atoms with Gasteiger partial charge >= 0.3 is 12.1 Å². The first kappa shape index (κ1) is 11.0. The Balaban J connectivity index is 0.000000151. The molecule has 0 bridgehead atoms. The highest BCUT2D eigenvalue weighted by Crippen LogP contribution is 1.90. The Kier molecular flexibility index (Phi) is 3.21. The number of hydrogen-bond donors (Lipinski definition) is 3. The van der Waals surface area contributed by atoms with Crippen molar-refractivity contribution in [2.75, 3.05) is 20.1 Å². The molecule has 6 amide bonds. The Morgan fingerprint density at radius 1 is 1.07 bits per heavy atom. The topological polar surface area (TPSA) is 108 Å². The number of carbonyl (C=O) groups is 4. The van der Waals surface area contributed by atoms with Crippen LogP contribution in [0.3, 0.4) is 0 Å². The standard InChI is InChI=1S/C4H6N2O2.C3H4N2O2/c1-6-2-3(7)5-4(6)8;6-2-1-4-3(7)5-2/h2H2,1H3,(H,5,7,8);1H2,(H2,4,5,6,7). The zero-order valence-corrected chi connectivity index (χ0v) is 7.99. The Hall–Kier alpha value is -2.12. The van der Waals surface area contributed by atoms with Crippen molar-refractivity contribution in [3.05, 3.63) is 0 Å². The van der Waals surface area contributed by atoms with E-state index in [0.717, 1.165) is 0 Å². The van der Waals surface area contributed by atoms with Gasteiger partial charge in [-0.05, 0) is 0 Å². The Morgan fingerprint density at radius 3 is 1.87 bits per heavy atom. The van der Waals surface area contributed by atoms with Crippen LogP contribution < -0.4 is 16.0 Å². The lowest BCUT2D eigenvalue weighted by molar-refractivity contribution is -0.118. The van der Waals surface area contributed by atoms with Gasteiger partial charge in [0, 0.05) is 7.05 Å². The maximum absolute atomic E-state index is 10.4. The third kappa shape index (κ3) is 3.25. The number of amides is 6. The summed E-state index contributed by atoms with van der Waals surface area (Å²) >= 11 is 0. The van der Waals surface area contributed by atoms with Crippen molar-refractivity contribution in [3.63, 3.8) is 0 Å². The minimum absolute atomic E-state index is 0.124. The van der Waals surface area contributed by atoms with E-state index in [9.17, 15) is 19.2 Å². The van der Waals surface area contributed by atoms with Gasteiger partial charge in [-0.3, -0.25) is 20.2 Å². The van der Waals surface area contributed by atoms with Crippen LogP contribution in [0.2, 0.25) is 0 Å². The SMILES string of the molecule is CN1CC(=O)NC1=O.O=C1CNC(=O)N1. The summed E-state index contributed by atoms with van der Waals surface area (Å²) in [5.74, 6) is -0.484. The summed E-state index contributed by atoms with van der Waals surface area (Å²) in [4.78, 5) is 42.1. The summed E-state index contributed by atoms with van der Waals surface area (Å²) < 4.78 is 0. The molecule has 0 radical (unpaired) electrons. The number of carbonyl (C=O) groups excluding carboxylic acids is 4. The number of nitrogens with zero attached hydrogens (tertiary/aromatic N) is 1. The fraction of sp³-hybridized carbons (Fsp3) is 0.429. The van der Waals surface area contributed by atoms with Gasteiger partial charge in [-0.1, -0.05) is 0 Å². The van der Waals surface area contributed by atoms with Gasteiger partial charge in [0.15, 0.2) is 0 Å². The molecule has 0 saturated carbocycles. The fourth-order valence-corrected chi connectivity index (χ4v) is 0.917. The van der Waals surface area contributed by atoms with Crippen LogP contribution in [0.1, 0.15) is 0 Å². The molecule has 2 saturated heterocycles. The first-order valence-electron chi connectivity index (χ1n) is 4.11. The van der Waals surface area contributed by atoms with Crippen LogP contribution in [0.4, 0.5) is 9.59 Å². The molecule has 2 aliphatic heterocycles. The normalized spacial score (nSPS) is 19.1. The lowest BCUT2D eigenvalue weighted by Crippen LogP contribution is -2.24. The maximum atomic E-state index is 10.4.